The molecule has 1 aromatic carbocycles. The second kappa shape index (κ2) is 5.27. The summed E-state index contributed by atoms with van der Waals surface area (Å²) in [7, 11) is -3.07. The van der Waals surface area contributed by atoms with Crippen molar-refractivity contribution < 1.29 is 18.3 Å². The number of fused-ring (bicyclic) bond motifs is 1. The number of hydrogen-bond acceptors (Lipinski definition) is 6. The maximum atomic E-state index is 11.7. The number of sulfone groups is 1. The first kappa shape index (κ1) is 14.3. The Balaban J connectivity index is 2.01. The van der Waals surface area contributed by atoms with E-state index in [0.29, 0.717) is 6.42 Å². The van der Waals surface area contributed by atoms with Crippen LogP contribution in [0.15, 0.2) is 24.3 Å². The fraction of sp³-hybridized carbons (Fsp3) is 0.385. The van der Waals surface area contributed by atoms with E-state index < -0.39 is 15.8 Å². The summed E-state index contributed by atoms with van der Waals surface area (Å²) in [4.78, 5) is 12.8. The molecule has 21 heavy (non-hydrogen) atoms. The van der Waals surface area contributed by atoms with Gasteiger partial charge < -0.3 is 10.0 Å². The zero-order chi connectivity index (χ0) is 15.0. The summed E-state index contributed by atoms with van der Waals surface area (Å²) in [5, 5.41) is 10.7. The van der Waals surface area contributed by atoms with Crippen molar-refractivity contribution in [2.24, 2.45) is 0 Å². The molecule has 1 N–H and O–H groups in total. The molecule has 0 saturated carbocycles. The largest absolute Gasteiger partial charge is 0.480 e. The molecule has 1 atom stereocenters. The van der Waals surface area contributed by atoms with Crippen molar-refractivity contribution in [3.05, 3.63) is 24.3 Å². The van der Waals surface area contributed by atoms with Gasteiger partial charge >= 0.3 is 5.97 Å². The average molecular weight is 326 g/mol. The highest BCUT2D eigenvalue weighted by molar-refractivity contribution is 7.91. The number of hydrogen-bond donors (Lipinski definition) is 1. The van der Waals surface area contributed by atoms with E-state index in [1.807, 2.05) is 24.3 Å². The first-order valence-electron chi connectivity index (χ1n) is 6.49. The molecule has 1 aliphatic heterocycles. The van der Waals surface area contributed by atoms with Crippen LogP contribution in [-0.4, -0.2) is 48.0 Å². The Morgan fingerprint density at radius 3 is 2.86 bits per heavy atom. The number of nitrogens with zero attached hydrogens (tertiary/aromatic N) is 2. The number of aromatic nitrogens is 1. The van der Waals surface area contributed by atoms with Gasteiger partial charge in [-0.1, -0.05) is 12.1 Å². The van der Waals surface area contributed by atoms with Gasteiger partial charge in [0, 0.05) is 11.4 Å². The molecule has 1 fully saturated rings. The molecular weight excluding hydrogens is 312 g/mol. The van der Waals surface area contributed by atoms with Crippen LogP contribution in [0.4, 0.5) is 5.00 Å². The highest BCUT2D eigenvalue weighted by Gasteiger charge is 2.34. The van der Waals surface area contributed by atoms with Gasteiger partial charge in [0.15, 0.2) is 9.84 Å². The molecule has 6 nitrogen and oxygen atoms in total. The zero-order valence-corrected chi connectivity index (χ0v) is 12.7. The van der Waals surface area contributed by atoms with E-state index in [1.165, 1.54) is 11.5 Å². The molecule has 0 aliphatic carbocycles. The fourth-order valence-electron chi connectivity index (χ4n) is 2.62. The molecule has 0 amide bonds. The summed E-state index contributed by atoms with van der Waals surface area (Å²) in [6, 6.07) is 7.18. The van der Waals surface area contributed by atoms with Crippen molar-refractivity contribution in [2.75, 3.05) is 23.0 Å². The number of carboxylic acid groups (broad SMARTS) is 1. The minimum absolute atomic E-state index is 0.00646. The lowest BCUT2D eigenvalue weighted by Gasteiger charge is -2.27. The van der Waals surface area contributed by atoms with Gasteiger partial charge in [0.25, 0.3) is 0 Å². The van der Waals surface area contributed by atoms with E-state index in [4.69, 9.17) is 5.11 Å². The third-order valence-electron chi connectivity index (χ3n) is 3.58. The standard InChI is InChI=1S/C13H14N2O4S2/c16-12(17)7-15(9-5-6-21(18,19)8-9)13-10-3-1-2-4-11(10)14-20-13/h1-4,9H,5-8H2,(H,16,17). The molecule has 1 unspecified atom stereocenters. The first-order chi connectivity index (χ1) is 9.96. The van der Waals surface area contributed by atoms with E-state index in [0.717, 1.165) is 15.9 Å². The molecule has 1 aliphatic rings. The van der Waals surface area contributed by atoms with Crippen molar-refractivity contribution in [1.82, 2.24) is 4.37 Å². The van der Waals surface area contributed by atoms with E-state index >= 15 is 0 Å². The van der Waals surface area contributed by atoms with Crippen molar-refractivity contribution >= 4 is 43.2 Å². The van der Waals surface area contributed by atoms with Gasteiger partial charge in [-0.2, -0.15) is 4.37 Å². The quantitative estimate of drug-likeness (QED) is 0.913. The van der Waals surface area contributed by atoms with Crippen LogP contribution in [0.5, 0.6) is 0 Å². The summed E-state index contributed by atoms with van der Waals surface area (Å²) >= 11 is 1.22. The van der Waals surface area contributed by atoms with E-state index in [-0.39, 0.29) is 24.1 Å². The van der Waals surface area contributed by atoms with E-state index in [2.05, 4.69) is 4.37 Å². The zero-order valence-electron chi connectivity index (χ0n) is 11.1. The van der Waals surface area contributed by atoms with Gasteiger partial charge in [-0.15, -0.1) is 0 Å². The molecule has 1 saturated heterocycles. The molecule has 8 heteroatoms. The number of benzene rings is 1. The lowest BCUT2D eigenvalue weighted by molar-refractivity contribution is -0.135. The van der Waals surface area contributed by atoms with Crippen LogP contribution in [0, 0.1) is 0 Å². The molecule has 3 rings (SSSR count). The molecule has 0 bridgehead atoms. The summed E-state index contributed by atoms with van der Waals surface area (Å²) in [5.41, 5.74) is 0.800. The minimum atomic E-state index is -3.07. The number of rotatable bonds is 4. The van der Waals surface area contributed by atoms with Gasteiger partial charge in [-0.25, -0.2) is 8.42 Å². The lowest BCUT2D eigenvalue weighted by Crippen LogP contribution is -2.39. The highest BCUT2D eigenvalue weighted by Crippen LogP contribution is 2.34. The number of anilines is 1. The number of carbonyl (C=O) groups is 1. The molecule has 2 aromatic rings. The first-order valence-corrected chi connectivity index (χ1v) is 9.09. The Hall–Kier alpha value is -1.67. The van der Waals surface area contributed by atoms with E-state index in [9.17, 15) is 13.2 Å². The van der Waals surface area contributed by atoms with Gasteiger partial charge in [-0.05, 0) is 30.1 Å². The van der Waals surface area contributed by atoms with Crippen LogP contribution >= 0.6 is 11.5 Å². The number of carboxylic acids is 1. The van der Waals surface area contributed by atoms with Crippen LogP contribution in [-0.2, 0) is 14.6 Å². The molecule has 1 aromatic heterocycles. The van der Waals surface area contributed by atoms with Gasteiger partial charge in [0.1, 0.15) is 11.5 Å². The second-order valence-corrected chi connectivity index (χ2v) is 8.06. The topological polar surface area (TPSA) is 87.6 Å². The third-order valence-corrected chi connectivity index (χ3v) is 6.25. The van der Waals surface area contributed by atoms with E-state index in [1.54, 1.807) is 4.90 Å². The Labute approximate surface area is 126 Å². The second-order valence-electron chi connectivity index (χ2n) is 5.08. The summed E-state index contributed by atoms with van der Waals surface area (Å²) in [6.07, 6.45) is 0.460. The minimum Gasteiger partial charge on any atom is -0.480 e. The van der Waals surface area contributed by atoms with Gasteiger partial charge in [0.05, 0.1) is 17.0 Å². The normalized spacial score (nSPS) is 20.7. The Kier molecular flexibility index (Phi) is 3.58. The lowest BCUT2D eigenvalue weighted by atomic mass is 10.2. The van der Waals surface area contributed by atoms with Gasteiger partial charge in [-0.3, -0.25) is 4.79 Å². The number of aliphatic carboxylic acids is 1. The molecule has 2 heterocycles. The molecule has 0 spiro atoms. The van der Waals surface area contributed by atoms with Crippen LogP contribution < -0.4 is 4.90 Å². The highest BCUT2D eigenvalue weighted by atomic mass is 32.2. The predicted octanol–water partition coefficient (Wildman–Crippen LogP) is 1.37. The average Bonchev–Trinajstić information content (AvgIpc) is 2.99. The summed E-state index contributed by atoms with van der Waals surface area (Å²) < 4.78 is 27.7. The van der Waals surface area contributed by atoms with Crippen molar-refractivity contribution in [3.63, 3.8) is 0 Å². The monoisotopic (exact) mass is 326 g/mol. The molecule has 0 radical (unpaired) electrons. The third kappa shape index (κ3) is 2.86. The van der Waals surface area contributed by atoms with Crippen molar-refractivity contribution in [3.8, 4) is 0 Å². The van der Waals surface area contributed by atoms with Gasteiger partial charge in [0.2, 0.25) is 0 Å². The Morgan fingerprint density at radius 1 is 1.43 bits per heavy atom. The van der Waals surface area contributed by atoms with Crippen molar-refractivity contribution in [1.29, 1.82) is 0 Å². The van der Waals surface area contributed by atoms with Crippen LogP contribution in [0.3, 0.4) is 0 Å². The smallest absolute Gasteiger partial charge is 0.323 e. The maximum Gasteiger partial charge on any atom is 0.323 e. The SMILES string of the molecule is O=C(O)CN(c1snc2ccccc12)C1CCS(=O)(=O)C1. The summed E-state index contributed by atoms with van der Waals surface area (Å²) in [6.45, 7) is -0.216. The van der Waals surface area contributed by atoms with Crippen LogP contribution in [0.25, 0.3) is 10.9 Å². The molecule has 112 valence electrons. The van der Waals surface area contributed by atoms with Crippen molar-refractivity contribution in [2.45, 2.75) is 12.5 Å². The Bertz CT molecular complexity index is 784. The maximum absolute atomic E-state index is 11.7. The van der Waals surface area contributed by atoms with Crippen LogP contribution in [0.1, 0.15) is 6.42 Å². The predicted molar refractivity (Wildman–Crippen MR) is 81.7 cm³/mol. The Morgan fingerprint density at radius 2 is 2.19 bits per heavy atom. The fourth-order valence-corrected chi connectivity index (χ4v) is 5.28. The van der Waals surface area contributed by atoms with Crippen LogP contribution in [0.2, 0.25) is 0 Å². The summed E-state index contributed by atoms with van der Waals surface area (Å²) in [5.74, 6) is -0.853. The molecular formula is C13H14N2O4S2.